The Kier molecular flexibility index (Phi) is 3.40. The number of thioether (sulfide) groups is 1. The molecular weight excluding hydrogens is 242 g/mol. The highest BCUT2D eigenvalue weighted by Crippen LogP contribution is 2.25. The average molecular weight is 256 g/mol. The smallest absolute Gasteiger partial charge is 0.175 e. The van der Waals surface area contributed by atoms with Gasteiger partial charge >= 0.3 is 0 Å². The van der Waals surface area contributed by atoms with Crippen molar-refractivity contribution in [3.05, 3.63) is 23.2 Å². The Morgan fingerprint density at radius 3 is 2.88 bits per heavy atom. The van der Waals surface area contributed by atoms with Crippen molar-refractivity contribution in [3.8, 4) is 0 Å². The number of hydrogen-bond donors (Lipinski definition) is 0. The lowest BCUT2D eigenvalue weighted by molar-refractivity contribution is 0.728. The van der Waals surface area contributed by atoms with E-state index in [0.29, 0.717) is 11.1 Å². The third-order valence-corrected chi connectivity index (χ3v) is 3.28. The van der Waals surface area contributed by atoms with E-state index >= 15 is 0 Å². The number of imidazole rings is 1. The van der Waals surface area contributed by atoms with Crippen LogP contribution in [0.2, 0.25) is 5.15 Å². The van der Waals surface area contributed by atoms with Crippen molar-refractivity contribution in [1.82, 2.24) is 14.4 Å². The van der Waals surface area contributed by atoms with Gasteiger partial charge in [0.1, 0.15) is 11.0 Å². The molecule has 0 aromatic carbocycles. The molecule has 0 N–H and O–H groups in total. The Balaban J connectivity index is 2.69. The largest absolute Gasteiger partial charge is 0.275 e. The molecule has 2 rings (SSSR count). The van der Waals surface area contributed by atoms with Crippen molar-refractivity contribution in [2.24, 2.45) is 0 Å². The summed E-state index contributed by atoms with van der Waals surface area (Å²) < 4.78 is 2.09. The standard InChI is InChI=1S/C11H14ClN3S/c1-4-16-11-14-9(12)5-8-6-13-10(7(2)3)15(8)11/h5-7H,4H2,1-3H3. The van der Waals surface area contributed by atoms with Gasteiger partial charge in [0.25, 0.3) is 0 Å². The van der Waals surface area contributed by atoms with E-state index in [-0.39, 0.29) is 0 Å². The van der Waals surface area contributed by atoms with Gasteiger partial charge in [-0.25, -0.2) is 9.97 Å². The van der Waals surface area contributed by atoms with Crippen molar-refractivity contribution in [1.29, 1.82) is 0 Å². The molecular formula is C11H14ClN3S. The molecule has 0 unspecified atom stereocenters. The van der Waals surface area contributed by atoms with Gasteiger partial charge in [0.15, 0.2) is 5.16 Å². The monoisotopic (exact) mass is 255 g/mol. The van der Waals surface area contributed by atoms with E-state index in [9.17, 15) is 0 Å². The first-order chi connectivity index (χ1) is 7.63. The minimum atomic E-state index is 0.377. The number of aromatic nitrogens is 3. The van der Waals surface area contributed by atoms with E-state index in [1.54, 1.807) is 11.8 Å². The summed E-state index contributed by atoms with van der Waals surface area (Å²) in [6.07, 6.45) is 1.85. The van der Waals surface area contributed by atoms with Crippen LogP contribution in [0, 0.1) is 0 Å². The topological polar surface area (TPSA) is 30.2 Å². The highest BCUT2D eigenvalue weighted by atomic mass is 35.5. The Labute approximate surface area is 104 Å². The van der Waals surface area contributed by atoms with Crippen LogP contribution in [0.1, 0.15) is 32.5 Å². The molecule has 0 atom stereocenters. The lowest BCUT2D eigenvalue weighted by Gasteiger charge is -2.09. The minimum Gasteiger partial charge on any atom is -0.275 e. The van der Waals surface area contributed by atoms with Gasteiger partial charge in [-0.2, -0.15) is 0 Å². The zero-order valence-corrected chi connectivity index (χ0v) is 11.1. The summed E-state index contributed by atoms with van der Waals surface area (Å²) >= 11 is 7.67. The summed E-state index contributed by atoms with van der Waals surface area (Å²) in [7, 11) is 0. The van der Waals surface area contributed by atoms with E-state index in [0.717, 1.165) is 22.3 Å². The van der Waals surface area contributed by atoms with Crippen LogP contribution in [-0.2, 0) is 0 Å². The van der Waals surface area contributed by atoms with Gasteiger partial charge < -0.3 is 0 Å². The molecule has 2 aromatic heterocycles. The maximum Gasteiger partial charge on any atom is 0.175 e. The fourth-order valence-corrected chi connectivity index (χ4v) is 2.61. The SMILES string of the molecule is CCSc1nc(Cl)cc2cnc(C(C)C)n12. The molecule has 0 spiro atoms. The van der Waals surface area contributed by atoms with Crippen LogP contribution in [0.5, 0.6) is 0 Å². The van der Waals surface area contributed by atoms with E-state index < -0.39 is 0 Å². The molecule has 0 aliphatic carbocycles. The van der Waals surface area contributed by atoms with Crippen LogP contribution >= 0.6 is 23.4 Å². The Morgan fingerprint density at radius 2 is 2.25 bits per heavy atom. The van der Waals surface area contributed by atoms with Crippen molar-refractivity contribution in [2.75, 3.05) is 5.75 Å². The first-order valence-corrected chi connectivity index (χ1v) is 6.66. The van der Waals surface area contributed by atoms with Crippen molar-refractivity contribution in [2.45, 2.75) is 31.8 Å². The zero-order valence-electron chi connectivity index (χ0n) is 9.57. The lowest BCUT2D eigenvalue weighted by Crippen LogP contribution is -2.02. The average Bonchev–Trinajstić information content (AvgIpc) is 2.61. The molecule has 2 aromatic rings. The van der Waals surface area contributed by atoms with Gasteiger partial charge in [-0.05, 0) is 5.75 Å². The summed E-state index contributed by atoms with van der Waals surface area (Å²) in [5.74, 6) is 2.38. The normalized spacial score (nSPS) is 11.6. The number of halogens is 1. The number of fused-ring (bicyclic) bond motifs is 1. The van der Waals surface area contributed by atoms with Gasteiger partial charge in [-0.15, -0.1) is 0 Å². The fraction of sp³-hybridized carbons (Fsp3) is 0.455. The predicted molar refractivity (Wildman–Crippen MR) is 68.5 cm³/mol. The van der Waals surface area contributed by atoms with Crippen LogP contribution in [-0.4, -0.2) is 20.1 Å². The lowest BCUT2D eigenvalue weighted by atomic mass is 10.2. The molecule has 16 heavy (non-hydrogen) atoms. The third-order valence-electron chi connectivity index (χ3n) is 2.27. The van der Waals surface area contributed by atoms with E-state index in [1.165, 1.54) is 0 Å². The highest BCUT2D eigenvalue weighted by Gasteiger charge is 2.13. The third kappa shape index (κ3) is 2.04. The van der Waals surface area contributed by atoms with Crippen LogP contribution < -0.4 is 0 Å². The van der Waals surface area contributed by atoms with Gasteiger partial charge in [0.05, 0.1) is 11.7 Å². The highest BCUT2D eigenvalue weighted by molar-refractivity contribution is 7.99. The molecule has 0 radical (unpaired) electrons. The molecule has 0 saturated carbocycles. The number of nitrogens with zero attached hydrogens (tertiary/aromatic N) is 3. The van der Waals surface area contributed by atoms with Gasteiger partial charge in [0, 0.05) is 12.0 Å². The molecule has 2 heterocycles. The summed E-state index contributed by atoms with van der Waals surface area (Å²) in [5.41, 5.74) is 1.01. The molecule has 5 heteroatoms. The van der Waals surface area contributed by atoms with Crippen molar-refractivity contribution in [3.63, 3.8) is 0 Å². The Morgan fingerprint density at radius 1 is 1.50 bits per heavy atom. The van der Waals surface area contributed by atoms with Crippen molar-refractivity contribution >= 4 is 28.9 Å². The second-order valence-electron chi connectivity index (χ2n) is 3.83. The summed E-state index contributed by atoms with van der Waals surface area (Å²) in [6, 6.07) is 1.85. The second kappa shape index (κ2) is 4.63. The second-order valence-corrected chi connectivity index (χ2v) is 5.44. The molecule has 0 amide bonds. The van der Waals surface area contributed by atoms with Crippen LogP contribution in [0.3, 0.4) is 0 Å². The van der Waals surface area contributed by atoms with Crippen LogP contribution in [0.15, 0.2) is 17.4 Å². The van der Waals surface area contributed by atoms with E-state index in [1.807, 2.05) is 12.3 Å². The summed E-state index contributed by atoms with van der Waals surface area (Å²) in [6.45, 7) is 6.36. The summed E-state index contributed by atoms with van der Waals surface area (Å²) in [4.78, 5) is 8.79. The first kappa shape index (κ1) is 11.7. The van der Waals surface area contributed by atoms with E-state index in [2.05, 4.69) is 35.1 Å². The van der Waals surface area contributed by atoms with Gasteiger partial charge in [-0.1, -0.05) is 44.1 Å². The molecule has 0 aliphatic rings. The fourth-order valence-electron chi connectivity index (χ4n) is 1.62. The van der Waals surface area contributed by atoms with Gasteiger partial charge in [0.2, 0.25) is 0 Å². The zero-order chi connectivity index (χ0) is 11.7. The minimum absolute atomic E-state index is 0.377. The molecule has 3 nitrogen and oxygen atoms in total. The quantitative estimate of drug-likeness (QED) is 0.477. The van der Waals surface area contributed by atoms with Crippen LogP contribution in [0.4, 0.5) is 0 Å². The van der Waals surface area contributed by atoms with Gasteiger partial charge in [-0.3, -0.25) is 4.40 Å². The van der Waals surface area contributed by atoms with Crippen LogP contribution in [0.25, 0.3) is 5.52 Å². The maximum atomic E-state index is 5.98. The predicted octanol–water partition coefficient (Wildman–Crippen LogP) is 3.62. The molecule has 86 valence electrons. The summed E-state index contributed by atoms with van der Waals surface area (Å²) in [5, 5.41) is 1.45. The molecule has 0 fully saturated rings. The number of rotatable bonds is 3. The number of hydrogen-bond acceptors (Lipinski definition) is 3. The first-order valence-electron chi connectivity index (χ1n) is 5.30. The van der Waals surface area contributed by atoms with E-state index in [4.69, 9.17) is 11.6 Å². The van der Waals surface area contributed by atoms with Crippen molar-refractivity contribution < 1.29 is 0 Å². The Hall–Kier alpha value is -0.740. The molecule has 0 saturated heterocycles. The maximum absolute atomic E-state index is 5.98. The Bertz CT molecular complexity index is 507. The molecule has 0 aliphatic heterocycles. The molecule has 0 bridgehead atoms.